The third-order valence-electron chi connectivity index (χ3n) is 5.84. The van der Waals surface area contributed by atoms with Crippen LogP contribution in [0.2, 0.25) is 0 Å². The van der Waals surface area contributed by atoms with E-state index in [1.807, 2.05) is 48.5 Å². The van der Waals surface area contributed by atoms with Crippen LogP contribution in [0.4, 0.5) is 18.0 Å². The molecule has 0 spiro atoms. The van der Waals surface area contributed by atoms with E-state index in [0.29, 0.717) is 12.8 Å². The summed E-state index contributed by atoms with van der Waals surface area (Å²) in [4.78, 5) is 35.4. The molecular weight excluding hydrogens is 465 g/mol. The summed E-state index contributed by atoms with van der Waals surface area (Å²) in [5, 5.41) is 13.0. The molecule has 2 aromatic rings. The molecule has 3 N–H and O–H groups in total. The van der Waals surface area contributed by atoms with Crippen molar-refractivity contribution < 1.29 is 37.4 Å². The molecule has 0 heterocycles. The molecule has 3 rings (SSSR count). The van der Waals surface area contributed by atoms with E-state index in [4.69, 9.17) is 9.84 Å². The first-order valence-electron chi connectivity index (χ1n) is 11.3. The van der Waals surface area contributed by atoms with Gasteiger partial charge in [-0.3, -0.25) is 9.59 Å². The first kappa shape index (κ1) is 26.1. The van der Waals surface area contributed by atoms with Crippen LogP contribution in [0.25, 0.3) is 11.1 Å². The number of rotatable bonds is 10. The molecule has 2 amide bonds. The van der Waals surface area contributed by atoms with Crippen molar-refractivity contribution >= 4 is 18.0 Å². The van der Waals surface area contributed by atoms with Crippen molar-refractivity contribution in [1.82, 2.24) is 10.6 Å². The SMILES string of the molecule is CCC[C@@H](CC(=O)O)NC(=O)CC(NC(=O)OCC1c2ccccc2-c2ccccc21)C(F)(F)F. The number of fused-ring (bicyclic) bond motifs is 3. The second-order valence-corrected chi connectivity index (χ2v) is 8.42. The Morgan fingerprint density at radius 1 is 0.971 bits per heavy atom. The van der Waals surface area contributed by atoms with Gasteiger partial charge in [0, 0.05) is 12.0 Å². The summed E-state index contributed by atoms with van der Waals surface area (Å²) in [6, 6.07) is 11.8. The molecule has 1 aliphatic rings. The minimum Gasteiger partial charge on any atom is -0.481 e. The van der Waals surface area contributed by atoms with Crippen LogP contribution in [0.1, 0.15) is 49.7 Å². The van der Waals surface area contributed by atoms with Crippen LogP contribution in [0.3, 0.4) is 0 Å². The quantitative estimate of drug-likeness (QED) is 0.450. The third-order valence-corrected chi connectivity index (χ3v) is 5.84. The average Bonchev–Trinajstić information content (AvgIpc) is 3.10. The topological polar surface area (TPSA) is 105 Å². The first-order valence-corrected chi connectivity index (χ1v) is 11.3. The number of carboxylic acid groups (broad SMARTS) is 1. The van der Waals surface area contributed by atoms with E-state index in [1.165, 1.54) is 0 Å². The van der Waals surface area contributed by atoms with E-state index in [2.05, 4.69) is 5.32 Å². The molecule has 35 heavy (non-hydrogen) atoms. The predicted octanol–water partition coefficient (Wildman–Crippen LogP) is 4.61. The van der Waals surface area contributed by atoms with E-state index in [9.17, 15) is 27.6 Å². The zero-order chi connectivity index (χ0) is 25.6. The fraction of sp³-hybridized carbons (Fsp3) is 0.400. The highest BCUT2D eigenvalue weighted by Gasteiger charge is 2.43. The van der Waals surface area contributed by atoms with Gasteiger partial charge in [0.2, 0.25) is 5.91 Å². The lowest BCUT2D eigenvalue weighted by Crippen LogP contribution is -2.49. The van der Waals surface area contributed by atoms with E-state index in [0.717, 1.165) is 22.3 Å². The standard InChI is InChI=1S/C25H27F3N2O5/c1-2-7-15(12-23(32)33)29-22(31)13-21(25(26,27)28)30-24(34)35-14-20-18-10-5-3-8-16(18)17-9-4-6-11-19(17)20/h3-6,8-11,15,20-21H,2,7,12-14H2,1H3,(H,29,31)(H,30,34)(H,32,33)/t15-,21?/m0/s1. The number of aliphatic carboxylic acids is 1. The summed E-state index contributed by atoms with van der Waals surface area (Å²) < 4.78 is 45.7. The lowest BCUT2D eigenvalue weighted by atomic mass is 9.98. The number of ether oxygens (including phenoxy) is 1. The Morgan fingerprint density at radius 3 is 2.06 bits per heavy atom. The lowest BCUT2D eigenvalue weighted by molar-refractivity contribution is -0.160. The molecule has 7 nitrogen and oxygen atoms in total. The molecule has 10 heteroatoms. The zero-order valence-corrected chi connectivity index (χ0v) is 19.1. The largest absolute Gasteiger partial charge is 0.481 e. The number of hydrogen-bond acceptors (Lipinski definition) is 4. The minimum atomic E-state index is -4.91. The average molecular weight is 492 g/mol. The normalized spacial score (nSPS) is 14.4. The highest BCUT2D eigenvalue weighted by atomic mass is 19.4. The number of nitrogens with one attached hydrogen (secondary N) is 2. The molecular formula is C25H27F3N2O5. The zero-order valence-electron chi connectivity index (χ0n) is 19.1. The fourth-order valence-electron chi connectivity index (χ4n) is 4.29. The number of amides is 2. The maximum absolute atomic E-state index is 13.5. The van der Waals surface area contributed by atoms with Crippen LogP contribution in [0, 0.1) is 0 Å². The van der Waals surface area contributed by atoms with Gasteiger partial charge in [-0.15, -0.1) is 0 Å². The lowest BCUT2D eigenvalue weighted by Gasteiger charge is -2.23. The number of carboxylic acids is 1. The molecule has 1 aliphatic carbocycles. The number of alkyl halides is 3. The molecule has 0 saturated heterocycles. The number of hydrogen-bond donors (Lipinski definition) is 3. The van der Waals surface area contributed by atoms with Gasteiger partial charge < -0.3 is 20.5 Å². The first-order chi connectivity index (χ1) is 16.6. The molecule has 1 unspecified atom stereocenters. The van der Waals surface area contributed by atoms with Gasteiger partial charge in [-0.1, -0.05) is 61.9 Å². The van der Waals surface area contributed by atoms with Gasteiger partial charge in [0.25, 0.3) is 0 Å². The molecule has 0 bridgehead atoms. The summed E-state index contributed by atoms with van der Waals surface area (Å²) in [6.07, 6.45) is -6.86. The third kappa shape index (κ3) is 6.74. The Balaban J connectivity index is 1.62. The van der Waals surface area contributed by atoms with Crippen molar-refractivity contribution in [3.05, 3.63) is 59.7 Å². The summed E-state index contributed by atoms with van der Waals surface area (Å²) in [6.45, 7) is 1.59. The summed E-state index contributed by atoms with van der Waals surface area (Å²) in [5.74, 6) is -2.51. The summed E-state index contributed by atoms with van der Waals surface area (Å²) >= 11 is 0. The van der Waals surface area contributed by atoms with Crippen molar-refractivity contribution in [3.8, 4) is 11.1 Å². The number of carbonyl (C=O) groups is 3. The van der Waals surface area contributed by atoms with Crippen molar-refractivity contribution in [3.63, 3.8) is 0 Å². The van der Waals surface area contributed by atoms with Crippen LogP contribution in [-0.2, 0) is 14.3 Å². The smallest absolute Gasteiger partial charge is 0.409 e. The predicted molar refractivity (Wildman–Crippen MR) is 122 cm³/mol. The molecule has 0 aliphatic heterocycles. The Labute approximate surface area is 200 Å². The van der Waals surface area contributed by atoms with Gasteiger partial charge in [0.05, 0.1) is 12.8 Å². The Hall–Kier alpha value is -3.56. The highest BCUT2D eigenvalue weighted by molar-refractivity contribution is 5.80. The fourth-order valence-corrected chi connectivity index (χ4v) is 4.29. The number of halogens is 3. The molecule has 188 valence electrons. The van der Waals surface area contributed by atoms with E-state index in [1.54, 1.807) is 12.2 Å². The Bertz CT molecular complexity index is 1030. The van der Waals surface area contributed by atoms with Crippen LogP contribution in [-0.4, -0.2) is 47.9 Å². The second-order valence-electron chi connectivity index (χ2n) is 8.42. The highest BCUT2D eigenvalue weighted by Crippen LogP contribution is 2.44. The second kappa shape index (κ2) is 11.2. The van der Waals surface area contributed by atoms with Crippen LogP contribution < -0.4 is 10.6 Å². The molecule has 2 aromatic carbocycles. The maximum Gasteiger partial charge on any atom is 0.409 e. The Kier molecular flexibility index (Phi) is 8.37. The molecule has 0 aromatic heterocycles. The van der Waals surface area contributed by atoms with Crippen molar-refractivity contribution in [2.75, 3.05) is 6.61 Å². The van der Waals surface area contributed by atoms with Gasteiger partial charge in [0.15, 0.2) is 0 Å². The minimum absolute atomic E-state index is 0.173. The van der Waals surface area contributed by atoms with Gasteiger partial charge in [-0.05, 0) is 28.7 Å². The molecule has 0 saturated carbocycles. The van der Waals surface area contributed by atoms with Crippen LogP contribution in [0.15, 0.2) is 48.5 Å². The van der Waals surface area contributed by atoms with Crippen LogP contribution in [0.5, 0.6) is 0 Å². The van der Waals surface area contributed by atoms with Gasteiger partial charge in [-0.2, -0.15) is 13.2 Å². The van der Waals surface area contributed by atoms with Gasteiger partial charge >= 0.3 is 18.2 Å². The van der Waals surface area contributed by atoms with Gasteiger partial charge in [0.1, 0.15) is 12.6 Å². The van der Waals surface area contributed by atoms with Crippen molar-refractivity contribution in [2.45, 2.75) is 56.8 Å². The van der Waals surface area contributed by atoms with Gasteiger partial charge in [-0.25, -0.2) is 4.79 Å². The number of carbonyl (C=O) groups excluding carboxylic acids is 2. The number of benzene rings is 2. The maximum atomic E-state index is 13.5. The monoisotopic (exact) mass is 492 g/mol. The summed E-state index contributed by atoms with van der Waals surface area (Å²) in [7, 11) is 0. The molecule has 0 radical (unpaired) electrons. The number of alkyl carbamates (subject to hydrolysis) is 1. The summed E-state index contributed by atoms with van der Waals surface area (Å²) in [5.41, 5.74) is 3.78. The van der Waals surface area contributed by atoms with Crippen LogP contribution >= 0.6 is 0 Å². The van der Waals surface area contributed by atoms with Crippen molar-refractivity contribution in [2.24, 2.45) is 0 Å². The van der Waals surface area contributed by atoms with Crippen molar-refractivity contribution in [1.29, 1.82) is 0 Å². The Morgan fingerprint density at radius 2 is 1.54 bits per heavy atom. The van der Waals surface area contributed by atoms with E-state index < -0.39 is 49.1 Å². The molecule has 2 atom stereocenters. The van der Waals surface area contributed by atoms with E-state index in [-0.39, 0.29) is 12.5 Å². The molecule has 0 fully saturated rings. The van der Waals surface area contributed by atoms with E-state index >= 15 is 0 Å².